The van der Waals surface area contributed by atoms with Gasteiger partial charge in [0.25, 0.3) is 11.4 Å². The van der Waals surface area contributed by atoms with Crippen LogP contribution in [-0.2, 0) is 12.4 Å². The summed E-state index contributed by atoms with van der Waals surface area (Å²) in [5.41, 5.74) is -3.04. The van der Waals surface area contributed by atoms with Crippen LogP contribution in [-0.4, -0.2) is 0 Å². The van der Waals surface area contributed by atoms with Crippen LogP contribution in [0.5, 0.6) is 23.0 Å². The Balaban J connectivity index is 2.15. The lowest BCUT2D eigenvalue weighted by molar-refractivity contribution is -0.138. The molecule has 0 unspecified atom stereocenters. The number of nitriles is 2. The Morgan fingerprint density at radius 3 is 1.19 bits per heavy atom. The van der Waals surface area contributed by atoms with Crippen LogP contribution >= 0.6 is 0 Å². The van der Waals surface area contributed by atoms with Crippen LogP contribution in [0.2, 0.25) is 0 Å². The van der Waals surface area contributed by atoms with Crippen molar-refractivity contribution < 1.29 is 35.8 Å². The Hall–Kier alpha value is -5.98. The number of nitrogens with zero attached hydrogens (tertiary/aromatic N) is 4. The molecule has 0 fully saturated rings. The van der Waals surface area contributed by atoms with E-state index in [0.717, 1.165) is 48.5 Å². The Kier molecular flexibility index (Phi) is 7.77. The van der Waals surface area contributed by atoms with Gasteiger partial charge in [-0.3, -0.25) is 0 Å². The van der Waals surface area contributed by atoms with E-state index in [1.165, 1.54) is 24.3 Å². The first-order valence-corrected chi connectivity index (χ1v) is 11.5. The van der Waals surface area contributed by atoms with Gasteiger partial charge in [0.1, 0.15) is 11.5 Å². The maximum atomic E-state index is 13.1. The van der Waals surface area contributed by atoms with Crippen molar-refractivity contribution in [2.24, 2.45) is 0 Å². The van der Waals surface area contributed by atoms with Gasteiger partial charge in [0.15, 0.2) is 11.5 Å². The molecule has 0 N–H and O–H groups in total. The lowest BCUT2D eigenvalue weighted by atomic mass is 10.0. The number of halogens is 6. The summed E-state index contributed by atoms with van der Waals surface area (Å²) in [5, 5.41) is 19.5. The average Bonchev–Trinajstić information content (AvgIpc) is 2.96. The fourth-order valence-corrected chi connectivity index (χ4v) is 3.99. The smallest absolute Gasteiger partial charge is 0.416 e. The summed E-state index contributed by atoms with van der Waals surface area (Å²) in [4.78, 5) is 6.48. The first-order chi connectivity index (χ1) is 19.9. The molecular weight excluding hydrogens is 562 g/mol. The van der Waals surface area contributed by atoms with Crippen LogP contribution in [0.1, 0.15) is 11.1 Å². The summed E-state index contributed by atoms with van der Waals surface area (Å²) in [6, 6.07) is 16.3. The zero-order chi connectivity index (χ0) is 30.7. The minimum Gasteiger partial charge on any atom is -0.454 e. The fourth-order valence-electron chi connectivity index (χ4n) is 3.99. The number of hydrogen-bond donors (Lipinski definition) is 0. The highest BCUT2D eigenvalue weighted by Crippen LogP contribution is 2.36. The van der Waals surface area contributed by atoms with Gasteiger partial charge in [-0.25, -0.2) is 20.2 Å². The second-order valence-electron chi connectivity index (χ2n) is 8.35. The molecule has 0 radical (unpaired) electrons. The van der Waals surface area contributed by atoms with Crippen LogP contribution in [0.25, 0.3) is 31.9 Å². The minimum atomic E-state index is -4.66. The molecule has 0 heterocycles. The van der Waals surface area contributed by atoms with E-state index in [1.54, 1.807) is 12.1 Å². The number of rotatable bonds is 4. The van der Waals surface area contributed by atoms with E-state index in [1.807, 2.05) is 0 Å². The first-order valence-electron chi connectivity index (χ1n) is 11.5. The van der Waals surface area contributed by atoms with Gasteiger partial charge >= 0.3 is 12.4 Å². The fraction of sp³-hybridized carbons (Fsp3) is 0.0667. The van der Waals surface area contributed by atoms with Crippen LogP contribution in [0.15, 0.2) is 72.8 Å². The summed E-state index contributed by atoms with van der Waals surface area (Å²) < 4.78 is 90.7. The molecule has 0 aliphatic carbocycles. The summed E-state index contributed by atoms with van der Waals surface area (Å²) in [6.45, 7) is 15.1. The van der Waals surface area contributed by atoms with Crippen LogP contribution < -0.4 is 19.9 Å². The number of fused-ring (bicyclic) bond motifs is 1. The summed E-state index contributed by atoms with van der Waals surface area (Å²) in [5.74, 6) is -1.25. The summed E-state index contributed by atoms with van der Waals surface area (Å²) >= 11 is 0. The van der Waals surface area contributed by atoms with Crippen LogP contribution in [0.4, 0.5) is 26.3 Å². The van der Waals surface area contributed by atoms with Gasteiger partial charge in [0.2, 0.25) is 0 Å². The molecule has 0 aromatic heterocycles. The van der Waals surface area contributed by atoms with Crippen molar-refractivity contribution in [2.75, 3.05) is 0 Å². The molecule has 4 aromatic rings. The third kappa shape index (κ3) is 5.65. The number of alkyl halides is 6. The van der Waals surface area contributed by atoms with Gasteiger partial charge in [0.05, 0.1) is 36.4 Å². The highest BCUT2D eigenvalue weighted by atomic mass is 19.4. The normalized spacial score (nSPS) is 12.7. The van der Waals surface area contributed by atoms with Gasteiger partial charge in [-0.15, -0.1) is 0 Å². The van der Waals surface area contributed by atoms with Gasteiger partial charge in [-0.2, -0.15) is 26.3 Å². The van der Waals surface area contributed by atoms with Crippen molar-refractivity contribution in [3.05, 3.63) is 117 Å². The average molecular weight is 574 g/mol. The quantitative estimate of drug-likeness (QED) is 0.186. The molecule has 4 rings (SSSR count). The van der Waals surface area contributed by atoms with E-state index in [-0.39, 0.29) is 32.7 Å². The predicted octanol–water partition coefficient (Wildman–Crippen LogP) is 7.56. The zero-order valence-corrected chi connectivity index (χ0v) is 20.8. The molecule has 206 valence electrons. The molecular formula is C30H12F6N4O2. The molecule has 0 amide bonds. The molecule has 12 heteroatoms. The topological polar surface area (TPSA) is 74.8 Å². The maximum absolute atomic E-state index is 13.1. The second-order valence-corrected chi connectivity index (χ2v) is 8.35. The Morgan fingerprint density at radius 2 is 0.929 bits per heavy atom. The van der Waals surface area contributed by atoms with Crippen molar-refractivity contribution in [1.29, 1.82) is 10.5 Å². The molecule has 0 spiro atoms. The number of benzene rings is 4. The molecule has 0 atom stereocenters. The molecule has 0 saturated carbocycles. The van der Waals surface area contributed by atoms with Crippen molar-refractivity contribution in [1.82, 2.24) is 0 Å². The molecule has 0 bridgehead atoms. The summed E-state index contributed by atoms with van der Waals surface area (Å²) in [7, 11) is 0. The predicted molar refractivity (Wildman–Crippen MR) is 137 cm³/mol. The van der Waals surface area contributed by atoms with Crippen molar-refractivity contribution in [3.63, 3.8) is 0 Å². The Bertz CT molecular complexity index is 1810. The third-order valence-corrected chi connectivity index (χ3v) is 5.84. The van der Waals surface area contributed by atoms with Crippen molar-refractivity contribution in [3.8, 4) is 35.1 Å². The molecule has 42 heavy (non-hydrogen) atoms. The Labute approximate surface area is 233 Å². The number of hydrogen-bond acceptors (Lipinski definition) is 4. The van der Waals surface area contributed by atoms with Gasteiger partial charge < -0.3 is 9.47 Å². The lowest BCUT2D eigenvalue weighted by Crippen LogP contribution is -2.21. The zero-order valence-electron chi connectivity index (χ0n) is 20.8. The van der Waals surface area contributed by atoms with Crippen molar-refractivity contribution in [2.45, 2.75) is 12.4 Å². The largest absolute Gasteiger partial charge is 0.454 e. The highest BCUT2D eigenvalue weighted by molar-refractivity contribution is 5.94. The van der Waals surface area contributed by atoms with Gasteiger partial charge in [-0.05, 0) is 59.3 Å². The van der Waals surface area contributed by atoms with Crippen LogP contribution in [0, 0.1) is 35.8 Å². The summed E-state index contributed by atoms with van der Waals surface area (Å²) in [6.07, 6.45) is -9.32. The monoisotopic (exact) mass is 574 g/mol. The SMILES string of the molecule is [C-]#[N+]C(C#N)=c1c(Oc2ccc(C(F)(F)F)cc2)c(Oc2ccc(C(F)(F)F)cc2)c(=C(C#N)[N+]#[C-])c2ccccc12. The minimum absolute atomic E-state index is 0.165. The standard InChI is InChI=1S/C30H12F6N4O2/c1-39-23(15-37)25-21-5-3-4-6-22(21)26(24(16-38)40-2)28(42-20-13-9-18(10-14-20)30(34,35)36)27(25)41-19-11-7-17(8-12-19)29(31,32)33/h3-14H. The first kappa shape index (κ1) is 29.0. The highest BCUT2D eigenvalue weighted by Gasteiger charge is 2.31. The molecule has 0 aliphatic heterocycles. The molecule has 0 aliphatic rings. The van der Waals surface area contributed by atoms with Crippen LogP contribution in [0.3, 0.4) is 0 Å². The lowest BCUT2D eigenvalue weighted by Gasteiger charge is -2.18. The molecule has 6 nitrogen and oxygen atoms in total. The maximum Gasteiger partial charge on any atom is 0.416 e. The molecule has 4 aromatic carbocycles. The number of ether oxygens (including phenoxy) is 2. The van der Waals surface area contributed by atoms with Crippen molar-refractivity contribution >= 4 is 22.2 Å². The second kappa shape index (κ2) is 11.3. The van der Waals surface area contributed by atoms with E-state index < -0.39 is 46.4 Å². The van der Waals surface area contributed by atoms with E-state index in [2.05, 4.69) is 9.69 Å². The van der Waals surface area contributed by atoms with E-state index >= 15 is 0 Å². The molecule has 0 saturated heterocycles. The van der Waals surface area contributed by atoms with Gasteiger partial charge in [-0.1, -0.05) is 24.3 Å². The van der Waals surface area contributed by atoms with E-state index in [0.29, 0.717) is 0 Å². The Morgan fingerprint density at radius 1 is 0.595 bits per heavy atom. The van der Waals surface area contributed by atoms with Gasteiger partial charge in [0, 0.05) is 10.4 Å². The van der Waals surface area contributed by atoms with E-state index in [4.69, 9.17) is 22.6 Å². The third-order valence-electron chi connectivity index (χ3n) is 5.84. The van der Waals surface area contributed by atoms with E-state index in [9.17, 15) is 36.9 Å².